The summed E-state index contributed by atoms with van der Waals surface area (Å²) in [4.78, 5) is 6.57. The van der Waals surface area contributed by atoms with E-state index in [1.165, 1.54) is 19.1 Å². The monoisotopic (exact) mass is 518 g/mol. The summed E-state index contributed by atoms with van der Waals surface area (Å²) < 4.78 is 36.3. The number of aliphatic imine (C=N–C) groups is 1. The first-order valence-electron chi connectivity index (χ1n) is 9.61. The molecule has 0 amide bonds. The number of hydrogen-bond donors (Lipinski definition) is 2. The second-order valence-electron chi connectivity index (χ2n) is 7.00. The van der Waals surface area contributed by atoms with E-state index in [1.54, 1.807) is 7.05 Å². The van der Waals surface area contributed by atoms with E-state index >= 15 is 0 Å². The van der Waals surface area contributed by atoms with Crippen LogP contribution >= 0.6 is 24.0 Å². The predicted molar refractivity (Wildman–Crippen MR) is 118 cm³/mol. The maximum atomic E-state index is 11.0. The quantitative estimate of drug-likeness (QED) is 0.217. The van der Waals surface area contributed by atoms with Crippen LogP contribution in [0.15, 0.2) is 4.99 Å². The summed E-state index contributed by atoms with van der Waals surface area (Å²) in [5.74, 6) is 0.874. The van der Waals surface area contributed by atoms with Crippen LogP contribution < -0.4 is 10.0 Å². The van der Waals surface area contributed by atoms with Crippen LogP contribution in [0.3, 0.4) is 0 Å². The molecule has 0 radical (unpaired) electrons. The molecular formula is C17H35IN4O4S. The Morgan fingerprint density at radius 1 is 1.22 bits per heavy atom. The Hall–Kier alpha value is -0.170. The minimum Gasteiger partial charge on any atom is -0.376 e. The van der Waals surface area contributed by atoms with Gasteiger partial charge >= 0.3 is 0 Å². The Kier molecular flexibility index (Phi) is 12.1. The average Bonchev–Trinajstić information content (AvgIpc) is 2.63. The first-order chi connectivity index (χ1) is 12.5. The molecule has 2 heterocycles. The Labute approximate surface area is 180 Å². The second kappa shape index (κ2) is 13.1. The molecule has 2 fully saturated rings. The van der Waals surface area contributed by atoms with Crippen molar-refractivity contribution >= 4 is 40.0 Å². The van der Waals surface area contributed by atoms with Gasteiger partial charge in [-0.1, -0.05) is 0 Å². The van der Waals surface area contributed by atoms with Gasteiger partial charge in [0.25, 0.3) is 0 Å². The molecule has 0 saturated carbocycles. The number of guanidine groups is 1. The van der Waals surface area contributed by atoms with E-state index in [2.05, 4.69) is 19.9 Å². The number of likely N-dealkylation sites (tertiary alicyclic amines) is 1. The molecular weight excluding hydrogens is 483 g/mol. The minimum atomic E-state index is -3.11. The summed E-state index contributed by atoms with van der Waals surface area (Å²) in [6, 6.07) is 0. The Morgan fingerprint density at radius 3 is 2.56 bits per heavy atom. The largest absolute Gasteiger partial charge is 0.376 e. The third-order valence-electron chi connectivity index (χ3n) is 4.75. The number of sulfonamides is 1. The molecule has 8 nitrogen and oxygen atoms in total. The fourth-order valence-electron chi connectivity index (χ4n) is 3.29. The van der Waals surface area contributed by atoms with Gasteiger partial charge in [-0.3, -0.25) is 4.99 Å². The van der Waals surface area contributed by atoms with Crippen molar-refractivity contribution in [1.29, 1.82) is 0 Å². The van der Waals surface area contributed by atoms with E-state index < -0.39 is 10.0 Å². The molecule has 2 saturated heterocycles. The van der Waals surface area contributed by atoms with Crippen molar-refractivity contribution in [2.24, 2.45) is 4.99 Å². The van der Waals surface area contributed by atoms with Gasteiger partial charge in [0.05, 0.1) is 25.1 Å². The lowest BCUT2D eigenvalue weighted by Crippen LogP contribution is -2.47. The first-order valence-corrected chi connectivity index (χ1v) is 11.5. The molecule has 0 bridgehead atoms. The highest BCUT2D eigenvalue weighted by Crippen LogP contribution is 2.17. The molecule has 160 valence electrons. The maximum absolute atomic E-state index is 11.0. The Bertz CT molecular complexity index is 533. The van der Waals surface area contributed by atoms with Crippen LogP contribution in [0.2, 0.25) is 0 Å². The Morgan fingerprint density at radius 2 is 1.96 bits per heavy atom. The van der Waals surface area contributed by atoms with Crippen LogP contribution in [0.4, 0.5) is 0 Å². The molecule has 2 rings (SSSR count). The van der Waals surface area contributed by atoms with Gasteiger partial charge in [0.1, 0.15) is 0 Å². The number of hydrogen-bond acceptors (Lipinski definition) is 5. The lowest BCUT2D eigenvalue weighted by atomic mass is 10.1. The van der Waals surface area contributed by atoms with Crippen LogP contribution in [-0.4, -0.2) is 84.2 Å². The van der Waals surface area contributed by atoms with E-state index in [9.17, 15) is 8.42 Å². The molecule has 0 spiro atoms. The van der Waals surface area contributed by atoms with Crippen molar-refractivity contribution in [3.8, 4) is 0 Å². The topological polar surface area (TPSA) is 92.3 Å². The molecule has 2 aliphatic rings. The summed E-state index contributed by atoms with van der Waals surface area (Å²) >= 11 is 0. The standard InChI is InChI=1S/C17H34N4O4S.HI/c1-18-17(19-9-5-10-20-26(2,22)23)21-11-7-15(8-12-21)25-14-16-6-3-4-13-24-16;/h15-16,20H,3-14H2,1-2H3,(H,18,19);1H. The second-order valence-corrected chi connectivity index (χ2v) is 8.84. The van der Waals surface area contributed by atoms with E-state index in [1.807, 2.05) is 0 Å². The average molecular weight is 518 g/mol. The molecule has 0 aromatic heterocycles. The van der Waals surface area contributed by atoms with E-state index in [4.69, 9.17) is 9.47 Å². The molecule has 2 N–H and O–H groups in total. The zero-order valence-corrected chi connectivity index (χ0v) is 19.6. The van der Waals surface area contributed by atoms with Crippen LogP contribution in [-0.2, 0) is 19.5 Å². The molecule has 27 heavy (non-hydrogen) atoms. The maximum Gasteiger partial charge on any atom is 0.208 e. The summed E-state index contributed by atoms with van der Waals surface area (Å²) in [6.45, 7) is 4.53. The van der Waals surface area contributed by atoms with Crippen molar-refractivity contribution < 1.29 is 17.9 Å². The molecule has 10 heteroatoms. The SMILES string of the molecule is CN=C(NCCCNS(C)(=O)=O)N1CCC(OCC2CCCCO2)CC1.I. The van der Waals surface area contributed by atoms with Gasteiger partial charge < -0.3 is 19.7 Å². The zero-order valence-electron chi connectivity index (χ0n) is 16.5. The highest BCUT2D eigenvalue weighted by molar-refractivity contribution is 14.0. The van der Waals surface area contributed by atoms with Crippen molar-refractivity contribution in [2.75, 3.05) is 52.7 Å². The van der Waals surface area contributed by atoms with Crippen molar-refractivity contribution in [2.45, 2.75) is 50.7 Å². The molecule has 0 aromatic rings. The van der Waals surface area contributed by atoms with Gasteiger partial charge in [0, 0.05) is 39.8 Å². The van der Waals surface area contributed by atoms with E-state index in [-0.39, 0.29) is 30.1 Å². The van der Waals surface area contributed by atoms with Gasteiger partial charge in [0.2, 0.25) is 10.0 Å². The highest BCUT2D eigenvalue weighted by Gasteiger charge is 2.23. The van der Waals surface area contributed by atoms with Crippen molar-refractivity contribution in [3.63, 3.8) is 0 Å². The first kappa shape index (κ1) is 24.9. The van der Waals surface area contributed by atoms with Crippen molar-refractivity contribution in [3.05, 3.63) is 0 Å². The van der Waals surface area contributed by atoms with Gasteiger partial charge in [-0.05, 0) is 38.5 Å². The molecule has 1 unspecified atom stereocenters. The number of halogens is 1. The van der Waals surface area contributed by atoms with Crippen LogP contribution in [0, 0.1) is 0 Å². The van der Waals surface area contributed by atoms with E-state index in [0.717, 1.165) is 44.9 Å². The number of nitrogens with zero attached hydrogens (tertiary/aromatic N) is 2. The number of rotatable bonds is 8. The smallest absolute Gasteiger partial charge is 0.208 e. The fourth-order valence-corrected chi connectivity index (χ4v) is 3.81. The third-order valence-corrected chi connectivity index (χ3v) is 5.47. The summed E-state index contributed by atoms with van der Waals surface area (Å²) in [6.07, 6.45) is 7.97. The van der Waals surface area contributed by atoms with Crippen LogP contribution in [0.25, 0.3) is 0 Å². The van der Waals surface area contributed by atoms with Crippen LogP contribution in [0.1, 0.15) is 38.5 Å². The number of piperidine rings is 1. The summed E-state index contributed by atoms with van der Waals surface area (Å²) in [7, 11) is -1.33. The molecule has 0 aromatic carbocycles. The fraction of sp³-hybridized carbons (Fsp3) is 0.941. The number of ether oxygens (including phenoxy) is 2. The minimum absolute atomic E-state index is 0. The molecule has 1 atom stereocenters. The lowest BCUT2D eigenvalue weighted by Gasteiger charge is -2.35. The highest BCUT2D eigenvalue weighted by atomic mass is 127. The van der Waals surface area contributed by atoms with Gasteiger partial charge in [-0.15, -0.1) is 24.0 Å². The Balaban J connectivity index is 0.00000364. The number of nitrogens with one attached hydrogen (secondary N) is 2. The van der Waals surface area contributed by atoms with Gasteiger partial charge in [0.15, 0.2) is 5.96 Å². The third kappa shape index (κ3) is 10.2. The predicted octanol–water partition coefficient (Wildman–Crippen LogP) is 1.17. The van der Waals surface area contributed by atoms with Crippen molar-refractivity contribution in [1.82, 2.24) is 14.9 Å². The van der Waals surface area contributed by atoms with Crippen LogP contribution in [0.5, 0.6) is 0 Å². The summed E-state index contributed by atoms with van der Waals surface area (Å²) in [5.41, 5.74) is 0. The normalized spacial score (nSPS) is 22.4. The molecule has 2 aliphatic heterocycles. The zero-order chi connectivity index (χ0) is 18.8. The molecule has 0 aliphatic carbocycles. The lowest BCUT2D eigenvalue weighted by molar-refractivity contribution is -0.0721. The van der Waals surface area contributed by atoms with Gasteiger partial charge in [-0.25, -0.2) is 13.1 Å². The van der Waals surface area contributed by atoms with E-state index in [0.29, 0.717) is 32.2 Å². The van der Waals surface area contributed by atoms with Gasteiger partial charge in [-0.2, -0.15) is 0 Å². The summed E-state index contributed by atoms with van der Waals surface area (Å²) in [5, 5.41) is 3.30.